The van der Waals surface area contributed by atoms with Crippen molar-refractivity contribution in [2.45, 2.75) is 0 Å². The van der Waals surface area contributed by atoms with Gasteiger partial charge in [0, 0.05) is 63.4 Å². The van der Waals surface area contributed by atoms with Crippen molar-refractivity contribution in [3.8, 4) is 0 Å². The van der Waals surface area contributed by atoms with Gasteiger partial charge in [-0.2, -0.15) is 0 Å². The number of nitrogens with one attached hydrogen (secondary N) is 2. The molecule has 0 fully saturated rings. The van der Waals surface area contributed by atoms with Crippen LogP contribution < -0.4 is 0 Å². The van der Waals surface area contributed by atoms with Crippen molar-refractivity contribution in [1.29, 1.82) is 0 Å². The maximum atomic E-state index is 4.62. The summed E-state index contributed by atoms with van der Waals surface area (Å²) >= 11 is 0. The van der Waals surface area contributed by atoms with Gasteiger partial charge >= 0.3 is 0 Å². The van der Waals surface area contributed by atoms with E-state index in [1.165, 1.54) is 0 Å². The summed E-state index contributed by atoms with van der Waals surface area (Å²) in [5, 5.41) is 0. The number of hydrogen-bond acceptors (Lipinski definition) is 2. The van der Waals surface area contributed by atoms with E-state index in [0.717, 1.165) is 44.8 Å². The molecule has 5 heteroatoms. The number of fused-ring (bicyclic) bond motifs is 8. The van der Waals surface area contributed by atoms with Gasteiger partial charge in [0.1, 0.15) is 0 Å². The molecular formula is C20H14N4Pr. The van der Waals surface area contributed by atoms with E-state index >= 15 is 0 Å². The van der Waals surface area contributed by atoms with Crippen LogP contribution in [-0.2, 0) is 0 Å². The second-order valence-corrected chi connectivity index (χ2v) is 5.91. The van der Waals surface area contributed by atoms with Crippen LogP contribution in [0.1, 0.15) is 22.8 Å². The molecule has 3 aromatic rings. The topological polar surface area (TPSA) is 57.4 Å². The molecule has 0 atom stereocenters. The normalized spacial score (nSPS) is 12.2. The van der Waals surface area contributed by atoms with Gasteiger partial charge < -0.3 is 9.97 Å². The molecule has 2 aliphatic heterocycles. The molecular weight excluding hydrogens is 437 g/mol. The fourth-order valence-electron chi connectivity index (χ4n) is 2.94. The number of nitrogens with zero attached hydrogens (tertiary/aromatic N) is 2. The number of hydrogen-bond donors (Lipinski definition) is 2. The molecule has 0 amide bonds. The molecule has 5 rings (SSSR count). The summed E-state index contributed by atoms with van der Waals surface area (Å²) in [4.78, 5) is 16.0. The maximum absolute atomic E-state index is 4.62. The molecule has 0 saturated heterocycles. The predicted octanol–water partition coefficient (Wildman–Crippen LogP) is 4.66. The molecule has 25 heavy (non-hydrogen) atoms. The average molecular weight is 451 g/mol. The van der Waals surface area contributed by atoms with Crippen molar-refractivity contribution in [3.05, 3.63) is 71.3 Å². The zero-order valence-electron chi connectivity index (χ0n) is 13.4. The van der Waals surface area contributed by atoms with E-state index in [2.05, 4.69) is 50.3 Å². The standard InChI is InChI=1S/C20H14N4.Pr/c1-2-14-10-16-5-6-18(23-16)12-20-8-7-19(24-20)11-17-4-3-15(22-17)9-13(1)21-14;/h1-12,21-22H;. The van der Waals surface area contributed by atoms with Crippen molar-refractivity contribution in [1.82, 2.24) is 19.9 Å². The molecule has 1 radical (unpaired) electrons. The molecule has 5 heterocycles. The molecule has 3 aromatic heterocycles. The van der Waals surface area contributed by atoms with Crippen LogP contribution >= 0.6 is 0 Å². The Morgan fingerprint density at radius 1 is 0.480 bits per heavy atom. The third-order valence-corrected chi connectivity index (χ3v) is 4.04. The fraction of sp³-hybridized carbons (Fsp3) is 0. The van der Waals surface area contributed by atoms with E-state index in [9.17, 15) is 0 Å². The first kappa shape index (κ1) is 16.4. The Kier molecular flexibility index (Phi) is 4.40. The predicted molar refractivity (Wildman–Crippen MR) is 98.9 cm³/mol. The molecule has 0 aromatic carbocycles. The smallest absolute Gasteiger partial charge is 0.0659 e. The first-order valence-corrected chi connectivity index (χ1v) is 7.85. The summed E-state index contributed by atoms with van der Waals surface area (Å²) in [6.45, 7) is 0. The van der Waals surface area contributed by atoms with E-state index in [1.54, 1.807) is 0 Å². The van der Waals surface area contributed by atoms with Gasteiger partial charge in [-0.3, -0.25) is 0 Å². The van der Waals surface area contributed by atoms with Crippen LogP contribution in [0.3, 0.4) is 0 Å². The van der Waals surface area contributed by atoms with Crippen LogP contribution in [0, 0.1) is 41.3 Å². The van der Waals surface area contributed by atoms with Crippen LogP contribution in [0.2, 0.25) is 0 Å². The van der Waals surface area contributed by atoms with Gasteiger partial charge in [-0.05, 0) is 72.8 Å². The summed E-state index contributed by atoms with van der Waals surface area (Å²) in [5.74, 6) is 0. The Bertz CT molecular complexity index is 1080. The Morgan fingerprint density at radius 2 is 0.840 bits per heavy atom. The molecule has 8 bridgehead atoms. The Labute approximate surface area is 177 Å². The van der Waals surface area contributed by atoms with Crippen molar-refractivity contribution in [2.75, 3.05) is 0 Å². The number of aromatic amines is 2. The minimum absolute atomic E-state index is 0. The van der Waals surface area contributed by atoms with Crippen LogP contribution in [0.5, 0.6) is 0 Å². The minimum Gasteiger partial charge on any atom is -0.355 e. The Morgan fingerprint density at radius 3 is 1.28 bits per heavy atom. The molecule has 117 valence electrons. The second kappa shape index (κ2) is 6.70. The average Bonchev–Trinajstić information content (AvgIpc) is 3.32. The van der Waals surface area contributed by atoms with Gasteiger partial charge in [-0.15, -0.1) is 0 Å². The van der Waals surface area contributed by atoms with Crippen molar-refractivity contribution in [2.24, 2.45) is 0 Å². The van der Waals surface area contributed by atoms with Crippen molar-refractivity contribution >= 4 is 46.4 Å². The molecule has 4 nitrogen and oxygen atoms in total. The number of aromatic nitrogens is 4. The molecule has 0 saturated carbocycles. The second-order valence-electron chi connectivity index (χ2n) is 5.91. The van der Waals surface area contributed by atoms with Gasteiger partial charge in [-0.1, -0.05) is 0 Å². The van der Waals surface area contributed by atoms with Gasteiger partial charge in [0.05, 0.1) is 22.8 Å². The number of H-pyrrole nitrogens is 2. The first-order valence-electron chi connectivity index (χ1n) is 7.85. The monoisotopic (exact) mass is 451 g/mol. The Balaban J connectivity index is 0.00000157. The maximum Gasteiger partial charge on any atom is 0.0659 e. The Hall–Kier alpha value is -2.04. The largest absolute Gasteiger partial charge is 0.355 e. The van der Waals surface area contributed by atoms with E-state index in [-0.39, 0.29) is 41.3 Å². The molecule has 2 aliphatic rings. The van der Waals surface area contributed by atoms with Crippen molar-refractivity contribution in [3.63, 3.8) is 0 Å². The zero-order chi connectivity index (χ0) is 15.9. The molecule has 0 aliphatic carbocycles. The third-order valence-electron chi connectivity index (χ3n) is 4.04. The summed E-state index contributed by atoms with van der Waals surface area (Å²) in [5.41, 5.74) is 7.86. The summed E-state index contributed by atoms with van der Waals surface area (Å²) in [7, 11) is 0. The van der Waals surface area contributed by atoms with Crippen LogP contribution in [0.25, 0.3) is 46.4 Å². The van der Waals surface area contributed by atoms with Crippen LogP contribution in [-0.4, -0.2) is 19.9 Å². The summed E-state index contributed by atoms with van der Waals surface area (Å²) in [6, 6.07) is 16.4. The van der Waals surface area contributed by atoms with Crippen LogP contribution in [0.15, 0.2) is 48.5 Å². The van der Waals surface area contributed by atoms with Crippen molar-refractivity contribution < 1.29 is 41.3 Å². The van der Waals surface area contributed by atoms with Gasteiger partial charge in [0.2, 0.25) is 0 Å². The number of rotatable bonds is 0. The summed E-state index contributed by atoms with van der Waals surface area (Å²) < 4.78 is 0. The van der Waals surface area contributed by atoms with Gasteiger partial charge in [0.15, 0.2) is 0 Å². The quantitative estimate of drug-likeness (QED) is 0.360. The first-order chi connectivity index (χ1) is 11.8. The van der Waals surface area contributed by atoms with E-state index < -0.39 is 0 Å². The molecule has 0 unspecified atom stereocenters. The van der Waals surface area contributed by atoms with E-state index in [0.29, 0.717) is 0 Å². The fourth-order valence-corrected chi connectivity index (χ4v) is 2.94. The van der Waals surface area contributed by atoms with Crippen LogP contribution in [0.4, 0.5) is 0 Å². The molecule has 2 N–H and O–H groups in total. The third kappa shape index (κ3) is 3.51. The minimum atomic E-state index is 0. The molecule has 0 spiro atoms. The van der Waals surface area contributed by atoms with Gasteiger partial charge in [-0.25, -0.2) is 9.97 Å². The zero-order valence-corrected chi connectivity index (χ0v) is 17.1. The van der Waals surface area contributed by atoms with E-state index in [1.807, 2.05) is 42.5 Å². The SMILES string of the molecule is C1=Cc2cc3ccc(cc4ccc(cc5nc(cc1n2)C=C5)[nH]4)[nH]3.[Pr]. The van der Waals surface area contributed by atoms with Gasteiger partial charge in [0.25, 0.3) is 0 Å². The van der Waals surface area contributed by atoms with E-state index in [4.69, 9.17) is 0 Å². The summed E-state index contributed by atoms with van der Waals surface area (Å²) in [6.07, 6.45) is 8.05.